The lowest BCUT2D eigenvalue weighted by molar-refractivity contribution is 0.210. The molecular formula is C34H39N5O5. The average Bonchev–Trinajstić information content (AvgIpc) is 3.01. The van der Waals surface area contributed by atoms with Crippen LogP contribution in [0.1, 0.15) is 33.4 Å². The highest BCUT2D eigenvalue weighted by Gasteiger charge is 2.29. The Hall–Kier alpha value is -5.25. The molecule has 0 fully saturated rings. The van der Waals surface area contributed by atoms with Crippen molar-refractivity contribution in [2.75, 3.05) is 34.9 Å². The number of nitrogens with one attached hydrogen (secondary N) is 2. The molecule has 1 aromatic heterocycles. The molecule has 0 aliphatic heterocycles. The maximum absolute atomic E-state index is 14.0. The van der Waals surface area contributed by atoms with E-state index in [0.29, 0.717) is 22.9 Å². The quantitative estimate of drug-likeness (QED) is 0.0656. The van der Waals surface area contributed by atoms with Gasteiger partial charge in [-0.3, -0.25) is 5.41 Å². The van der Waals surface area contributed by atoms with Crippen LogP contribution in [0.5, 0.6) is 23.0 Å². The molecule has 10 heteroatoms. The summed E-state index contributed by atoms with van der Waals surface area (Å²) in [6.07, 6.45) is -0.727. The highest BCUT2D eigenvalue weighted by atomic mass is 16.6. The number of rotatable bonds is 12. The van der Waals surface area contributed by atoms with Crippen LogP contribution in [0.25, 0.3) is 0 Å². The zero-order valence-electron chi connectivity index (χ0n) is 25.7. The second-order valence-electron chi connectivity index (χ2n) is 10.2. The zero-order chi connectivity index (χ0) is 31.6. The van der Waals surface area contributed by atoms with Crippen molar-refractivity contribution >= 4 is 34.9 Å². The van der Waals surface area contributed by atoms with Gasteiger partial charge in [0.2, 0.25) is 0 Å². The van der Waals surface area contributed by atoms with Gasteiger partial charge in [-0.1, -0.05) is 50.2 Å². The Morgan fingerprint density at radius 3 is 2.14 bits per heavy atom. The van der Waals surface area contributed by atoms with Crippen LogP contribution in [0.2, 0.25) is 0 Å². The lowest BCUT2D eigenvalue weighted by Gasteiger charge is -2.28. The van der Waals surface area contributed by atoms with Crippen molar-refractivity contribution in [3.8, 4) is 23.0 Å². The highest BCUT2D eigenvalue weighted by molar-refractivity contribution is 6.01. The fourth-order valence-electron chi connectivity index (χ4n) is 4.37. The number of aromatic nitrogens is 1. The molecule has 10 nitrogen and oxygen atoms in total. The van der Waals surface area contributed by atoms with Gasteiger partial charge in [-0.05, 0) is 63.2 Å². The molecule has 0 saturated heterocycles. The Kier molecular flexibility index (Phi) is 10.6. The molecule has 3 aromatic carbocycles. The first kappa shape index (κ1) is 31.7. The SMILES string of the molecule is CCN(CC)c1ccc(N(C(=O)Oc2ccccc2)c2cc(NCOc3ccccc3)c(O)cc2OC(=N)C(C)C)c(C)n1. The average molecular weight is 598 g/mol. The molecular weight excluding hydrogens is 558 g/mol. The number of carbonyl (C=O) groups is 1. The number of aromatic hydroxyl groups is 1. The van der Waals surface area contributed by atoms with E-state index >= 15 is 0 Å². The summed E-state index contributed by atoms with van der Waals surface area (Å²) in [6, 6.07) is 24.6. The van der Waals surface area contributed by atoms with Crippen LogP contribution in [0, 0.1) is 18.3 Å². The van der Waals surface area contributed by atoms with Crippen LogP contribution in [0.15, 0.2) is 84.9 Å². The van der Waals surface area contributed by atoms with Gasteiger partial charge in [0.25, 0.3) is 0 Å². The Bertz CT molecular complexity index is 1560. The predicted octanol–water partition coefficient (Wildman–Crippen LogP) is 7.74. The minimum Gasteiger partial charge on any atom is -0.506 e. The van der Waals surface area contributed by atoms with Crippen LogP contribution >= 0.6 is 0 Å². The number of pyridine rings is 1. The summed E-state index contributed by atoms with van der Waals surface area (Å²) < 4.78 is 17.5. The number of phenolic OH excluding ortho intramolecular Hbond substituents is 1. The fraction of sp³-hybridized carbons (Fsp3) is 0.265. The topological polar surface area (TPSA) is 120 Å². The van der Waals surface area contributed by atoms with E-state index in [1.807, 2.05) is 63.2 Å². The van der Waals surface area contributed by atoms with Crippen LogP contribution < -0.4 is 29.3 Å². The number of hydrogen-bond acceptors (Lipinski definition) is 9. The molecule has 1 amide bonds. The number of hydrogen-bond donors (Lipinski definition) is 3. The predicted molar refractivity (Wildman–Crippen MR) is 174 cm³/mol. The largest absolute Gasteiger partial charge is 0.506 e. The van der Waals surface area contributed by atoms with Crippen molar-refractivity contribution in [2.45, 2.75) is 34.6 Å². The third-order valence-corrected chi connectivity index (χ3v) is 6.81. The van der Waals surface area contributed by atoms with Gasteiger partial charge in [0.05, 0.1) is 22.8 Å². The van der Waals surface area contributed by atoms with E-state index in [1.165, 1.54) is 11.0 Å². The smallest absolute Gasteiger partial charge is 0.424 e. The van der Waals surface area contributed by atoms with Gasteiger partial charge >= 0.3 is 6.09 Å². The number of nitrogens with zero attached hydrogens (tertiary/aromatic N) is 3. The number of carbonyl (C=O) groups excluding carboxylic acids is 1. The normalized spacial score (nSPS) is 10.7. The van der Waals surface area contributed by atoms with Crippen molar-refractivity contribution in [1.29, 1.82) is 5.41 Å². The number of ether oxygens (including phenoxy) is 3. The van der Waals surface area contributed by atoms with Crippen LogP contribution in [-0.2, 0) is 0 Å². The van der Waals surface area contributed by atoms with Gasteiger partial charge in [-0.15, -0.1) is 0 Å². The first-order chi connectivity index (χ1) is 21.2. The van der Waals surface area contributed by atoms with Gasteiger partial charge in [0, 0.05) is 25.1 Å². The molecule has 0 aliphatic carbocycles. The molecule has 3 N–H and O–H groups in total. The molecule has 1 heterocycles. The lowest BCUT2D eigenvalue weighted by Crippen LogP contribution is -2.31. The highest BCUT2D eigenvalue weighted by Crippen LogP contribution is 2.43. The molecule has 0 radical (unpaired) electrons. The van der Waals surface area contributed by atoms with E-state index in [2.05, 4.69) is 24.1 Å². The summed E-state index contributed by atoms with van der Waals surface area (Å²) in [5.41, 5.74) is 1.53. The molecule has 0 atom stereocenters. The second kappa shape index (κ2) is 14.8. The molecule has 4 aromatic rings. The van der Waals surface area contributed by atoms with Gasteiger partial charge < -0.3 is 29.5 Å². The number of anilines is 4. The van der Waals surface area contributed by atoms with E-state index in [0.717, 1.165) is 18.9 Å². The Morgan fingerprint density at radius 1 is 0.909 bits per heavy atom. The molecule has 0 aliphatic rings. The summed E-state index contributed by atoms with van der Waals surface area (Å²) in [6.45, 7) is 11.1. The molecule has 0 unspecified atom stereocenters. The monoisotopic (exact) mass is 597 g/mol. The molecule has 0 spiro atoms. The molecule has 0 saturated carbocycles. The molecule has 230 valence electrons. The minimum atomic E-state index is -0.727. The number of aryl methyl sites for hydroxylation is 1. The number of phenols is 1. The summed E-state index contributed by atoms with van der Waals surface area (Å²) in [7, 11) is 0. The maximum atomic E-state index is 14.0. The standard InChI is InChI=1S/C34H39N5O5/c1-6-38(7-2)32-19-18-28(24(5)37-32)39(34(41)43-26-16-12-9-13-17-26)29-20-27(36-22-42-25-14-10-8-11-15-25)30(40)21-31(29)44-33(35)23(3)4/h8-21,23,35-36,40H,6-7,22H2,1-5H3. The van der Waals surface area contributed by atoms with Crippen molar-refractivity contribution in [1.82, 2.24) is 4.98 Å². The van der Waals surface area contributed by atoms with Gasteiger partial charge in [-0.2, -0.15) is 0 Å². The van der Waals surface area contributed by atoms with Gasteiger partial charge in [-0.25, -0.2) is 14.7 Å². The van der Waals surface area contributed by atoms with E-state index in [9.17, 15) is 9.90 Å². The molecule has 4 rings (SSSR count). The summed E-state index contributed by atoms with van der Waals surface area (Å²) in [4.78, 5) is 22.3. The minimum absolute atomic E-state index is 0.0344. The Morgan fingerprint density at radius 2 is 1.55 bits per heavy atom. The lowest BCUT2D eigenvalue weighted by atomic mass is 10.1. The fourth-order valence-corrected chi connectivity index (χ4v) is 4.37. The summed E-state index contributed by atoms with van der Waals surface area (Å²) in [5, 5.41) is 22.5. The van der Waals surface area contributed by atoms with Crippen molar-refractivity contribution in [2.24, 2.45) is 5.92 Å². The third-order valence-electron chi connectivity index (χ3n) is 6.81. The first-order valence-electron chi connectivity index (χ1n) is 14.6. The summed E-state index contributed by atoms with van der Waals surface area (Å²) >= 11 is 0. The summed E-state index contributed by atoms with van der Waals surface area (Å²) in [5.74, 6) is 1.42. The van der Waals surface area contributed by atoms with Crippen LogP contribution in [-0.4, -0.2) is 41.9 Å². The maximum Gasteiger partial charge on any atom is 0.424 e. The Balaban J connectivity index is 1.82. The van der Waals surface area contributed by atoms with E-state index in [4.69, 9.17) is 24.6 Å². The third kappa shape index (κ3) is 7.77. The molecule has 44 heavy (non-hydrogen) atoms. The zero-order valence-corrected chi connectivity index (χ0v) is 25.7. The van der Waals surface area contributed by atoms with Gasteiger partial charge in [0.1, 0.15) is 23.1 Å². The van der Waals surface area contributed by atoms with Crippen molar-refractivity contribution in [3.05, 3.63) is 90.6 Å². The number of amides is 1. The Labute approximate surface area is 258 Å². The molecule has 0 bridgehead atoms. The van der Waals surface area contributed by atoms with Crippen molar-refractivity contribution in [3.63, 3.8) is 0 Å². The van der Waals surface area contributed by atoms with E-state index in [1.54, 1.807) is 36.4 Å². The van der Waals surface area contributed by atoms with Gasteiger partial charge in [0.15, 0.2) is 18.4 Å². The second-order valence-corrected chi connectivity index (χ2v) is 10.2. The van der Waals surface area contributed by atoms with Crippen LogP contribution in [0.4, 0.5) is 27.7 Å². The van der Waals surface area contributed by atoms with Crippen molar-refractivity contribution < 1.29 is 24.1 Å². The number of benzene rings is 3. The van der Waals surface area contributed by atoms with E-state index in [-0.39, 0.29) is 41.4 Å². The number of para-hydroxylation sites is 2. The first-order valence-corrected chi connectivity index (χ1v) is 14.6. The van der Waals surface area contributed by atoms with E-state index < -0.39 is 6.09 Å². The van der Waals surface area contributed by atoms with Crippen LogP contribution in [0.3, 0.4) is 0 Å².